The highest BCUT2D eigenvalue weighted by Gasteiger charge is 2.12. The maximum Gasteiger partial charge on any atom is 0.306 e. The lowest BCUT2D eigenvalue weighted by Crippen LogP contribution is -2.18. The van der Waals surface area contributed by atoms with Crippen LogP contribution in [-0.2, 0) is 20.7 Å². The van der Waals surface area contributed by atoms with E-state index in [9.17, 15) is 9.59 Å². The number of esters is 1. The number of carbonyl (C=O) groups is 2. The van der Waals surface area contributed by atoms with Crippen molar-refractivity contribution < 1.29 is 19.4 Å². The van der Waals surface area contributed by atoms with Crippen LogP contribution in [-0.4, -0.2) is 23.1 Å². The van der Waals surface area contributed by atoms with Gasteiger partial charge in [-0.1, -0.05) is 29.3 Å². The van der Waals surface area contributed by atoms with Gasteiger partial charge < -0.3 is 9.84 Å². The quantitative estimate of drug-likeness (QED) is 0.819. The minimum atomic E-state index is -1.02. The molecule has 1 aromatic rings. The summed E-state index contributed by atoms with van der Waals surface area (Å²) in [5, 5.41) is 9.37. The fraction of sp³-hybridized carbons (Fsp3) is 0.385. The molecule has 0 bridgehead atoms. The van der Waals surface area contributed by atoms with Gasteiger partial charge in [0.2, 0.25) is 0 Å². The molecule has 19 heavy (non-hydrogen) atoms. The number of carboxylic acids is 1. The molecule has 0 aliphatic carbocycles. The van der Waals surface area contributed by atoms with Crippen LogP contribution in [0.25, 0.3) is 0 Å². The summed E-state index contributed by atoms with van der Waals surface area (Å²) in [6.45, 7) is 1.74. The predicted molar refractivity (Wildman–Crippen MR) is 72.6 cm³/mol. The van der Waals surface area contributed by atoms with Crippen molar-refractivity contribution in [3.63, 3.8) is 0 Å². The zero-order chi connectivity index (χ0) is 14.4. The molecule has 104 valence electrons. The van der Waals surface area contributed by atoms with E-state index < -0.39 is 11.9 Å². The van der Waals surface area contributed by atoms with Crippen molar-refractivity contribution in [3.8, 4) is 0 Å². The second kappa shape index (κ2) is 7.36. The van der Waals surface area contributed by atoms with Crippen LogP contribution in [0.4, 0.5) is 0 Å². The van der Waals surface area contributed by atoms with E-state index in [0.717, 1.165) is 5.56 Å². The van der Waals surface area contributed by atoms with Crippen LogP contribution in [0.2, 0.25) is 10.0 Å². The number of hydrogen-bond donors (Lipinski definition) is 1. The van der Waals surface area contributed by atoms with E-state index in [0.29, 0.717) is 16.5 Å². The molecule has 0 heterocycles. The maximum absolute atomic E-state index is 11.3. The molecule has 0 amide bonds. The number of benzene rings is 1. The van der Waals surface area contributed by atoms with Gasteiger partial charge in [-0.2, -0.15) is 0 Å². The molecular weight excluding hydrogens is 291 g/mol. The zero-order valence-corrected chi connectivity index (χ0v) is 11.9. The van der Waals surface area contributed by atoms with Crippen molar-refractivity contribution in [2.24, 2.45) is 0 Å². The number of ether oxygens (including phenoxy) is 1. The molecule has 0 radical (unpaired) electrons. The lowest BCUT2D eigenvalue weighted by Gasteiger charge is -2.13. The summed E-state index contributed by atoms with van der Waals surface area (Å²) in [4.78, 5) is 21.7. The van der Waals surface area contributed by atoms with Gasteiger partial charge in [-0.3, -0.25) is 9.59 Å². The van der Waals surface area contributed by atoms with Gasteiger partial charge in [0.15, 0.2) is 0 Å². The molecule has 0 aliphatic heterocycles. The Morgan fingerprint density at radius 1 is 1.26 bits per heavy atom. The maximum atomic E-state index is 11.3. The summed E-state index contributed by atoms with van der Waals surface area (Å²) >= 11 is 11.7. The van der Waals surface area contributed by atoms with E-state index >= 15 is 0 Å². The van der Waals surface area contributed by atoms with Crippen LogP contribution in [0.15, 0.2) is 18.2 Å². The predicted octanol–water partition coefficient (Wildman–Crippen LogP) is 3.33. The first-order chi connectivity index (χ1) is 8.88. The molecule has 1 rings (SSSR count). The first kappa shape index (κ1) is 15.8. The number of carboxylic acid groups (broad SMARTS) is 1. The van der Waals surface area contributed by atoms with E-state index in [1.807, 2.05) is 0 Å². The van der Waals surface area contributed by atoms with Crippen LogP contribution in [0.1, 0.15) is 25.3 Å². The summed E-state index contributed by atoms with van der Waals surface area (Å²) in [6.07, 6.45) is -0.201. The summed E-state index contributed by atoms with van der Waals surface area (Å²) < 4.78 is 5.10. The second-order valence-electron chi connectivity index (χ2n) is 4.15. The molecule has 0 saturated carbocycles. The Hall–Kier alpha value is -1.26. The highest BCUT2D eigenvalue weighted by molar-refractivity contribution is 6.42. The van der Waals surface area contributed by atoms with Crippen molar-refractivity contribution in [2.75, 3.05) is 0 Å². The van der Waals surface area contributed by atoms with Crippen LogP contribution in [0.3, 0.4) is 0 Å². The Labute approximate surface area is 121 Å². The first-order valence-corrected chi connectivity index (χ1v) is 6.49. The molecule has 0 spiro atoms. The third-order valence-corrected chi connectivity index (χ3v) is 3.12. The van der Waals surface area contributed by atoms with Gasteiger partial charge in [0.25, 0.3) is 0 Å². The smallest absolute Gasteiger partial charge is 0.306 e. The first-order valence-electron chi connectivity index (χ1n) is 5.73. The van der Waals surface area contributed by atoms with Crippen molar-refractivity contribution >= 4 is 35.1 Å². The van der Waals surface area contributed by atoms with Crippen LogP contribution < -0.4 is 0 Å². The molecular formula is C13H14Cl2O4. The fourth-order valence-corrected chi connectivity index (χ4v) is 1.85. The van der Waals surface area contributed by atoms with Crippen molar-refractivity contribution in [2.45, 2.75) is 32.3 Å². The third kappa shape index (κ3) is 5.94. The monoisotopic (exact) mass is 304 g/mol. The van der Waals surface area contributed by atoms with Crippen LogP contribution in [0.5, 0.6) is 0 Å². The molecule has 1 atom stereocenters. The molecule has 6 heteroatoms. The van der Waals surface area contributed by atoms with E-state index in [4.69, 9.17) is 33.0 Å². The summed E-state index contributed by atoms with van der Waals surface area (Å²) in [7, 11) is 0. The Kier molecular flexibility index (Phi) is 6.12. The highest BCUT2D eigenvalue weighted by Crippen LogP contribution is 2.23. The summed E-state index contributed by atoms with van der Waals surface area (Å²) in [6, 6.07) is 5.19. The van der Waals surface area contributed by atoms with Crippen LogP contribution >= 0.6 is 23.2 Å². The molecule has 0 aromatic heterocycles. The van der Waals surface area contributed by atoms with Gasteiger partial charge in [0, 0.05) is 6.42 Å². The Bertz CT molecular complexity index is 474. The van der Waals surface area contributed by atoms with E-state index in [1.165, 1.54) is 0 Å². The number of rotatable bonds is 6. The third-order valence-electron chi connectivity index (χ3n) is 2.38. The van der Waals surface area contributed by atoms with E-state index in [2.05, 4.69) is 0 Å². The van der Waals surface area contributed by atoms with E-state index in [-0.39, 0.29) is 18.9 Å². The topological polar surface area (TPSA) is 63.6 Å². The normalized spacial score (nSPS) is 11.9. The number of halogens is 2. The lowest BCUT2D eigenvalue weighted by molar-refractivity contribution is -0.151. The Balaban J connectivity index is 2.46. The molecule has 4 nitrogen and oxygen atoms in total. The average molecular weight is 305 g/mol. The second-order valence-corrected chi connectivity index (χ2v) is 4.96. The summed E-state index contributed by atoms with van der Waals surface area (Å²) in [5.74, 6) is -1.54. The zero-order valence-electron chi connectivity index (χ0n) is 10.4. The largest absolute Gasteiger partial charge is 0.481 e. The van der Waals surface area contributed by atoms with Gasteiger partial charge in [0.1, 0.15) is 6.10 Å². The van der Waals surface area contributed by atoms with E-state index in [1.54, 1.807) is 25.1 Å². The minimum Gasteiger partial charge on any atom is -0.481 e. The van der Waals surface area contributed by atoms with Gasteiger partial charge >= 0.3 is 11.9 Å². The molecule has 1 N–H and O–H groups in total. The molecule has 1 aromatic carbocycles. The molecule has 0 saturated heterocycles. The molecule has 0 unspecified atom stereocenters. The van der Waals surface area contributed by atoms with Gasteiger partial charge in [-0.25, -0.2) is 0 Å². The van der Waals surface area contributed by atoms with Gasteiger partial charge in [-0.15, -0.1) is 0 Å². The fourth-order valence-electron chi connectivity index (χ4n) is 1.53. The van der Waals surface area contributed by atoms with Gasteiger partial charge in [-0.05, 0) is 24.6 Å². The molecule has 0 fully saturated rings. The van der Waals surface area contributed by atoms with Crippen molar-refractivity contribution in [3.05, 3.63) is 33.8 Å². The standard InChI is InChI=1S/C13H14Cl2O4/c1-8(19-13(18)5-4-12(16)17)6-9-2-3-10(14)11(15)7-9/h2-3,7-8H,4-6H2,1H3,(H,16,17)/t8-/m1/s1. The van der Waals surface area contributed by atoms with Crippen molar-refractivity contribution in [1.82, 2.24) is 0 Å². The number of aliphatic carboxylic acids is 1. The average Bonchev–Trinajstić information content (AvgIpc) is 2.31. The number of carbonyl (C=O) groups excluding carboxylic acids is 1. The Morgan fingerprint density at radius 2 is 1.95 bits per heavy atom. The van der Waals surface area contributed by atoms with Crippen molar-refractivity contribution in [1.29, 1.82) is 0 Å². The van der Waals surface area contributed by atoms with Gasteiger partial charge in [0.05, 0.1) is 22.9 Å². The Morgan fingerprint density at radius 3 is 2.53 bits per heavy atom. The SMILES string of the molecule is C[C@H](Cc1ccc(Cl)c(Cl)c1)OC(=O)CCC(=O)O. The van der Waals surface area contributed by atoms with Crippen LogP contribution in [0, 0.1) is 0 Å². The minimum absolute atomic E-state index is 0.124. The molecule has 0 aliphatic rings. The highest BCUT2D eigenvalue weighted by atomic mass is 35.5. The summed E-state index contributed by atoms with van der Waals surface area (Å²) in [5.41, 5.74) is 0.896. The number of hydrogen-bond acceptors (Lipinski definition) is 3. The lowest BCUT2D eigenvalue weighted by atomic mass is 10.1.